The SMILES string of the molecule is CCn1/c(=N/S(=O)(=O)c2ccccc2)sc2cc3c(cc21)OCO3. The number of aryl methyl sites for hydroxylation is 1. The van der Waals surface area contributed by atoms with Gasteiger partial charge in [0.05, 0.1) is 15.1 Å². The maximum Gasteiger partial charge on any atom is 0.285 e. The predicted octanol–water partition coefficient (Wildman–Crippen LogP) is 2.74. The van der Waals surface area contributed by atoms with E-state index in [1.165, 1.54) is 11.3 Å². The molecule has 0 fully saturated rings. The Morgan fingerprint density at radius 3 is 2.58 bits per heavy atom. The zero-order valence-corrected chi connectivity index (χ0v) is 14.4. The van der Waals surface area contributed by atoms with Crippen molar-refractivity contribution in [2.45, 2.75) is 18.4 Å². The number of fused-ring (bicyclic) bond motifs is 2. The van der Waals surface area contributed by atoms with Gasteiger partial charge in [0, 0.05) is 18.7 Å². The highest BCUT2D eigenvalue weighted by Gasteiger charge is 2.18. The van der Waals surface area contributed by atoms with E-state index < -0.39 is 10.0 Å². The van der Waals surface area contributed by atoms with E-state index >= 15 is 0 Å². The average molecular weight is 362 g/mol. The molecule has 24 heavy (non-hydrogen) atoms. The Balaban J connectivity index is 1.94. The van der Waals surface area contributed by atoms with Crippen LogP contribution < -0.4 is 14.3 Å². The minimum absolute atomic E-state index is 0.180. The van der Waals surface area contributed by atoms with E-state index in [2.05, 4.69) is 4.40 Å². The molecule has 0 unspecified atom stereocenters. The van der Waals surface area contributed by atoms with Gasteiger partial charge in [0.1, 0.15) is 0 Å². The van der Waals surface area contributed by atoms with Gasteiger partial charge < -0.3 is 14.0 Å². The van der Waals surface area contributed by atoms with E-state index in [9.17, 15) is 8.42 Å². The van der Waals surface area contributed by atoms with Gasteiger partial charge in [0.15, 0.2) is 11.5 Å². The minimum atomic E-state index is -3.75. The first-order chi connectivity index (χ1) is 11.6. The molecule has 0 atom stereocenters. The van der Waals surface area contributed by atoms with E-state index in [4.69, 9.17) is 9.47 Å². The summed E-state index contributed by atoms with van der Waals surface area (Å²) in [6.45, 7) is 2.76. The van der Waals surface area contributed by atoms with Gasteiger partial charge in [-0.3, -0.25) is 0 Å². The Kier molecular flexibility index (Phi) is 3.58. The summed E-state index contributed by atoms with van der Waals surface area (Å²) < 4.78 is 42.7. The van der Waals surface area contributed by atoms with Crippen LogP contribution in [-0.2, 0) is 16.6 Å². The fraction of sp³-hybridized carbons (Fsp3) is 0.188. The van der Waals surface area contributed by atoms with Crippen LogP contribution in [-0.4, -0.2) is 19.8 Å². The first-order valence-corrected chi connectivity index (χ1v) is 9.63. The second-order valence-electron chi connectivity index (χ2n) is 5.18. The topological polar surface area (TPSA) is 69.9 Å². The fourth-order valence-corrected chi connectivity index (χ4v) is 4.91. The average Bonchev–Trinajstić information content (AvgIpc) is 3.15. The molecule has 2 heterocycles. The third-order valence-corrected chi connectivity index (χ3v) is 6.17. The Hall–Kier alpha value is -2.32. The number of rotatable bonds is 3. The summed E-state index contributed by atoms with van der Waals surface area (Å²) >= 11 is 1.32. The van der Waals surface area contributed by atoms with Crippen molar-refractivity contribution in [1.29, 1.82) is 0 Å². The van der Waals surface area contributed by atoms with Crippen LogP contribution in [0.3, 0.4) is 0 Å². The monoisotopic (exact) mass is 362 g/mol. The molecule has 8 heteroatoms. The molecule has 0 saturated heterocycles. The molecule has 1 aliphatic heterocycles. The van der Waals surface area contributed by atoms with Crippen molar-refractivity contribution >= 4 is 31.6 Å². The highest BCUT2D eigenvalue weighted by Crippen LogP contribution is 2.37. The highest BCUT2D eigenvalue weighted by molar-refractivity contribution is 7.90. The van der Waals surface area contributed by atoms with Gasteiger partial charge in [-0.2, -0.15) is 8.42 Å². The van der Waals surface area contributed by atoms with Crippen LogP contribution in [0.25, 0.3) is 10.2 Å². The second-order valence-corrected chi connectivity index (χ2v) is 7.79. The molecule has 0 N–H and O–H groups in total. The van der Waals surface area contributed by atoms with Crippen molar-refractivity contribution in [2.75, 3.05) is 6.79 Å². The van der Waals surface area contributed by atoms with Crippen LogP contribution in [0, 0.1) is 0 Å². The van der Waals surface area contributed by atoms with E-state index in [0.717, 1.165) is 10.2 Å². The van der Waals surface area contributed by atoms with Crippen molar-refractivity contribution in [3.63, 3.8) is 0 Å². The molecule has 3 aromatic rings. The molecule has 4 rings (SSSR count). The lowest BCUT2D eigenvalue weighted by Gasteiger charge is -2.02. The fourth-order valence-electron chi connectivity index (χ4n) is 2.58. The summed E-state index contributed by atoms with van der Waals surface area (Å²) in [6.07, 6.45) is 0. The number of sulfonamides is 1. The number of hydrogen-bond donors (Lipinski definition) is 0. The highest BCUT2D eigenvalue weighted by atomic mass is 32.2. The molecule has 0 saturated carbocycles. The van der Waals surface area contributed by atoms with Gasteiger partial charge in [0.25, 0.3) is 10.0 Å². The van der Waals surface area contributed by atoms with Gasteiger partial charge in [-0.25, -0.2) is 0 Å². The molecule has 6 nitrogen and oxygen atoms in total. The Bertz CT molecular complexity index is 1080. The van der Waals surface area contributed by atoms with Gasteiger partial charge >= 0.3 is 0 Å². The lowest BCUT2D eigenvalue weighted by atomic mass is 10.3. The zero-order valence-electron chi connectivity index (χ0n) is 12.8. The Labute approximate surface area is 142 Å². The van der Waals surface area contributed by atoms with E-state index in [-0.39, 0.29) is 11.7 Å². The van der Waals surface area contributed by atoms with Crippen molar-refractivity contribution in [2.24, 2.45) is 4.40 Å². The van der Waals surface area contributed by atoms with Crippen LogP contribution >= 0.6 is 11.3 Å². The Morgan fingerprint density at radius 1 is 1.17 bits per heavy atom. The molecule has 0 bridgehead atoms. The standard InChI is InChI=1S/C16H14N2O4S2/c1-2-18-12-8-13-14(22-10-21-13)9-15(12)23-16(18)17-24(19,20)11-6-4-3-5-7-11/h3-9H,2,10H2,1H3/b17-16-. The van der Waals surface area contributed by atoms with Crippen LogP contribution in [0.5, 0.6) is 11.5 Å². The van der Waals surface area contributed by atoms with Gasteiger partial charge in [-0.1, -0.05) is 29.5 Å². The second kappa shape index (κ2) is 5.64. The zero-order chi connectivity index (χ0) is 16.7. The van der Waals surface area contributed by atoms with Crippen molar-refractivity contribution in [3.05, 3.63) is 47.3 Å². The molecule has 1 aliphatic rings. The van der Waals surface area contributed by atoms with Crippen molar-refractivity contribution < 1.29 is 17.9 Å². The third kappa shape index (κ3) is 2.47. The summed E-state index contributed by atoms with van der Waals surface area (Å²) in [7, 11) is -3.75. The van der Waals surface area contributed by atoms with E-state index in [1.807, 2.05) is 23.6 Å². The molecule has 124 valence electrons. The van der Waals surface area contributed by atoms with Crippen LogP contribution in [0.2, 0.25) is 0 Å². The van der Waals surface area contributed by atoms with E-state index in [1.54, 1.807) is 30.3 Å². The molecule has 0 spiro atoms. The van der Waals surface area contributed by atoms with Crippen molar-refractivity contribution in [3.8, 4) is 11.5 Å². The summed E-state index contributed by atoms with van der Waals surface area (Å²) in [5.74, 6) is 1.34. The number of ether oxygens (including phenoxy) is 2. The third-order valence-electron chi connectivity index (χ3n) is 3.73. The quantitative estimate of drug-likeness (QED) is 0.718. The molecule has 2 aromatic carbocycles. The largest absolute Gasteiger partial charge is 0.454 e. The molecule has 0 amide bonds. The van der Waals surface area contributed by atoms with Gasteiger partial charge in [-0.05, 0) is 19.1 Å². The predicted molar refractivity (Wildman–Crippen MR) is 90.8 cm³/mol. The number of nitrogens with zero attached hydrogens (tertiary/aromatic N) is 2. The molecule has 1 aromatic heterocycles. The molecule has 0 aliphatic carbocycles. The summed E-state index contributed by atoms with van der Waals surface area (Å²) in [5, 5.41) is 0. The van der Waals surface area contributed by atoms with Crippen molar-refractivity contribution in [1.82, 2.24) is 4.57 Å². The van der Waals surface area contributed by atoms with Crippen LogP contribution in [0.15, 0.2) is 51.8 Å². The lowest BCUT2D eigenvalue weighted by molar-refractivity contribution is 0.174. The normalized spacial score (nSPS) is 14.5. The van der Waals surface area contributed by atoms with Crippen LogP contribution in [0.4, 0.5) is 0 Å². The number of hydrogen-bond acceptors (Lipinski definition) is 5. The number of thiazole rings is 1. The first kappa shape index (κ1) is 15.2. The summed E-state index contributed by atoms with van der Waals surface area (Å²) in [5.41, 5.74) is 0.883. The van der Waals surface area contributed by atoms with E-state index in [0.29, 0.717) is 22.8 Å². The summed E-state index contributed by atoms with van der Waals surface area (Å²) in [6, 6.07) is 11.9. The smallest absolute Gasteiger partial charge is 0.285 e. The number of benzene rings is 2. The van der Waals surface area contributed by atoms with Gasteiger partial charge in [0.2, 0.25) is 11.6 Å². The van der Waals surface area contributed by atoms with Gasteiger partial charge in [-0.15, -0.1) is 4.40 Å². The summed E-state index contributed by atoms with van der Waals surface area (Å²) in [4.78, 5) is 0.610. The molecule has 0 radical (unpaired) electrons. The number of aromatic nitrogens is 1. The maximum absolute atomic E-state index is 12.5. The lowest BCUT2D eigenvalue weighted by Crippen LogP contribution is -2.16. The molecular weight excluding hydrogens is 348 g/mol. The Morgan fingerprint density at radius 2 is 1.88 bits per heavy atom. The molecular formula is C16H14N2O4S2. The van der Waals surface area contributed by atoms with Crippen LogP contribution in [0.1, 0.15) is 6.92 Å². The minimum Gasteiger partial charge on any atom is -0.454 e. The first-order valence-electron chi connectivity index (χ1n) is 7.37. The maximum atomic E-state index is 12.5.